The zero-order chi connectivity index (χ0) is 14.0. The maximum atomic E-state index is 11.9. The van der Waals surface area contributed by atoms with E-state index in [2.05, 4.69) is 42.8 Å². The molecule has 0 radical (unpaired) electrons. The van der Waals surface area contributed by atoms with Crippen molar-refractivity contribution in [2.24, 2.45) is 5.92 Å². The van der Waals surface area contributed by atoms with Gasteiger partial charge in [-0.3, -0.25) is 4.79 Å². The molecule has 0 unspecified atom stereocenters. The first-order chi connectivity index (χ1) is 8.90. The molecule has 1 aromatic rings. The quantitative estimate of drug-likeness (QED) is 0.594. The van der Waals surface area contributed by atoms with Crippen LogP contribution >= 0.6 is 15.9 Å². The van der Waals surface area contributed by atoms with Crippen LogP contribution in [0, 0.1) is 5.92 Å². The van der Waals surface area contributed by atoms with Crippen molar-refractivity contribution in [3.63, 3.8) is 0 Å². The number of alkyl halides is 1. The highest BCUT2D eigenvalue weighted by Crippen LogP contribution is 2.32. The second-order valence-electron chi connectivity index (χ2n) is 6.31. The minimum Gasteiger partial charge on any atom is -0.493 e. The van der Waals surface area contributed by atoms with Crippen molar-refractivity contribution >= 4 is 21.7 Å². The number of carbonyl (C=O) groups excluding carboxylic acids is 1. The summed E-state index contributed by atoms with van der Waals surface area (Å²) in [6.45, 7) is 7.22. The number of halogens is 1. The Kier molecular flexibility index (Phi) is 4.34. The van der Waals surface area contributed by atoms with Gasteiger partial charge in [0, 0.05) is 5.56 Å². The maximum Gasteiger partial charge on any atom is 0.173 e. The molecule has 0 saturated heterocycles. The number of hydrogen-bond donors (Lipinski definition) is 0. The Labute approximate surface area is 123 Å². The number of rotatable bonds is 5. The molecule has 0 amide bonds. The van der Waals surface area contributed by atoms with Gasteiger partial charge in [-0.25, -0.2) is 0 Å². The summed E-state index contributed by atoms with van der Waals surface area (Å²) < 4.78 is 5.83. The zero-order valence-corrected chi connectivity index (χ0v) is 13.4. The Morgan fingerprint density at radius 2 is 2.00 bits per heavy atom. The van der Waals surface area contributed by atoms with Crippen LogP contribution < -0.4 is 4.74 Å². The van der Waals surface area contributed by atoms with Crippen LogP contribution in [0.2, 0.25) is 0 Å². The van der Waals surface area contributed by atoms with Gasteiger partial charge >= 0.3 is 0 Å². The van der Waals surface area contributed by atoms with E-state index in [1.165, 1.54) is 12.8 Å². The molecular formula is C16H21BrO2. The normalized spacial score (nSPS) is 15.4. The highest BCUT2D eigenvalue weighted by Gasteiger charge is 2.23. The first-order valence-electron chi connectivity index (χ1n) is 6.77. The average molecular weight is 325 g/mol. The minimum absolute atomic E-state index is 0.0142. The molecule has 3 heteroatoms. The number of Topliss-reactive ketones (excluding diaryl/α,β-unsaturated/α-hetero) is 1. The molecule has 1 fully saturated rings. The van der Waals surface area contributed by atoms with E-state index in [1.807, 2.05) is 12.1 Å². The second kappa shape index (κ2) is 5.66. The third-order valence-corrected chi connectivity index (χ3v) is 3.91. The largest absolute Gasteiger partial charge is 0.493 e. The molecule has 1 aliphatic rings. The van der Waals surface area contributed by atoms with Crippen LogP contribution in [-0.2, 0) is 5.41 Å². The van der Waals surface area contributed by atoms with Crippen molar-refractivity contribution in [1.29, 1.82) is 0 Å². The van der Waals surface area contributed by atoms with Crippen LogP contribution in [0.3, 0.4) is 0 Å². The molecule has 2 rings (SSSR count). The van der Waals surface area contributed by atoms with Crippen LogP contribution in [0.1, 0.15) is 49.5 Å². The summed E-state index contributed by atoms with van der Waals surface area (Å²) in [6, 6.07) is 5.90. The summed E-state index contributed by atoms with van der Waals surface area (Å²) in [5, 5.41) is 0.350. The molecule has 1 saturated carbocycles. The summed E-state index contributed by atoms with van der Waals surface area (Å²) in [5.74, 6) is 1.64. The fourth-order valence-corrected chi connectivity index (χ4v) is 2.18. The van der Waals surface area contributed by atoms with Crippen LogP contribution in [-0.4, -0.2) is 17.7 Å². The highest BCUT2D eigenvalue weighted by molar-refractivity contribution is 9.09. The topological polar surface area (TPSA) is 26.3 Å². The molecule has 0 aliphatic heterocycles. The molecule has 0 atom stereocenters. The highest BCUT2D eigenvalue weighted by atomic mass is 79.9. The van der Waals surface area contributed by atoms with Gasteiger partial charge in [-0.15, -0.1) is 0 Å². The van der Waals surface area contributed by atoms with Crippen LogP contribution in [0.5, 0.6) is 5.75 Å². The fraction of sp³-hybridized carbons (Fsp3) is 0.562. The molecule has 0 spiro atoms. The van der Waals surface area contributed by atoms with E-state index in [4.69, 9.17) is 4.74 Å². The standard InChI is InChI=1S/C16H21BrO2/c1-16(2,3)13-6-12(15(18)9-17)7-14(8-13)19-10-11-4-5-11/h6-8,11H,4-5,9-10H2,1-3H3. The van der Waals surface area contributed by atoms with E-state index in [9.17, 15) is 4.79 Å². The van der Waals surface area contributed by atoms with Gasteiger partial charge in [0.15, 0.2) is 5.78 Å². The van der Waals surface area contributed by atoms with Gasteiger partial charge < -0.3 is 4.74 Å². The van der Waals surface area contributed by atoms with Crippen molar-refractivity contribution in [3.05, 3.63) is 29.3 Å². The maximum absolute atomic E-state index is 11.9. The van der Waals surface area contributed by atoms with Gasteiger partial charge in [0.05, 0.1) is 11.9 Å². The molecule has 19 heavy (non-hydrogen) atoms. The zero-order valence-electron chi connectivity index (χ0n) is 11.8. The molecule has 2 nitrogen and oxygen atoms in total. The first-order valence-corrected chi connectivity index (χ1v) is 7.90. The molecule has 0 heterocycles. The van der Waals surface area contributed by atoms with E-state index >= 15 is 0 Å². The van der Waals surface area contributed by atoms with E-state index < -0.39 is 0 Å². The van der Waals surface area contributed by atoms with Crippen LogP contribution in [0.15, 0.2) is 18.2 Å². The van der Waals surface area contributed by atoms with Crippen molar-refractivity contribution in [2.75, 3.05) is 11.9 Å². The summed E-state index contributed by atoms with van der Waals surface area (Å²) in [4.78, 5) is 11.9. The fourth-order valence-electron chi connectivity index (χ4n) is 1.85. The summed E-state index contributed by atoms with van der Waals surface area (Å²) in [5.41, 5.74) is 1.89. The second-order valence-corrected chi connectivity index (χ2v) is 6.87. The van der Waals surface area contributed by atoms with E-state index in [-0.39, 0.29) is 11.2 Å². The minimum atomic E-state index is 0.0142. The molecule has 0 aromatic heterocycles. The van der Waals surface area contributed by atoms with Gasteiger partial charge in [0.25, 0.3) is 0 Å². The van der Waals surface area contributed by atoms with E-state index in [0.29, 0.717) is 11.2 Å². The van der Waals surface area contributed by atoms with Gasteiger partial charge in [-0.2, -0.15) is 0 Å². The van der Waals surface area contributed by atoms with Crippen LogP contribution in [0.25, 0.3) is 0 Å². The van der Waals surface area contributed by atoms with Crippen molar-refractivity contribution in [1.82, 2.24) is 0 Å². The van der Waals surface area contributed by atoms with Gasteiger partial charge in [0.1, 0.15) is 5.75 Å². The molecule has 0 bridgehead atoms. The number of carbonyl (C=O) groups is 1. The third-order valence-electron chi connectivity index (χ3n) is 3.40. The number of benzene rings is 1. The molecular weight excluding hydrogens is 304 g/mol. The van der Waals surface area contributed by atoms with Crippen molar-refractivity contribution in [3.8, 4) is 5.75 Å². The smallest absolute Gasteiger partial charge is 0.173 e. The lowest BCUT2D eigenvalue weighted by atomic mass is 9.85. The Morgan fingerprint density at radius 1 is 1.32 bits per heavy atom. The monoisotopic (exact) mass is 324 g/mol. The number of ketones is 1. The summed E-state index contributed by atoms with van der Waals surface area (Å²) in [7, 11) is 0. The molecule has 104 valence electrons. The van der Waals surface area contributed by atoms with Crippen LogP contribution in [0.4, 0.5) is 0 Å². The predicted molar refractivity (Wildman–Crippen MR) is 81.5 cm³/mol. The Hall–Kier alpha value is -0.830. The Morgan fingerprint density at radius 3 is 2.53 bits per heavy atom. The molecule has 1 aliphatic carbocycles. The molecule has 1 aromatic carbocycles. The predicted octanol–water partition coefficient (Wildman–Crippen LogP) is 4.35. The Bertz CT molecular complexity index is 470. The Balaban J connectivity index is 2.27. The lowest BCUT2D eigenvalue weighted by Crippen LogP contribution is -2.13. The van der Waals surface area contributed by atoms with Gasteiger partial charge in [0.2, 0.25) is 0 Å². The lowest BCUT2D eigenvalue weighted by Gasteiger charge is -2.21. The SMILES string of the molecule is CC(C)(C)c1cc(OCC2CC2)cc(C(=O)CBr)c1. The lowest BCUT2D eigenvalue weighted by molar-refractivity contribution is 0.102. The van der Waals surface area contributed by atoms with Crippen molar-refractivity contribution < 1.29 is 9.53 Å². The summed E-state index contributed by atoms with van der Waals surface area (Å²) >= 11 is 3.23. The summed E-state index contributed by atoms with van der Waals surface area (Å²) in [6.07, 6.45) is 2.54. The molecule has 0 N–H and O–H groups in total. The average Bonchev–Trinajstić information content (AvgIpc) is 3.18. The van der Waals surface area contributed by atoms with E-state index in [0.717, 1.165) is 23.5 Å². The third kappa shape index (κ3) is 4.07. The van der Waals surface area contributed by atoms with Crippen molar-refractivity contribution in [2.45, 2.75) is 39.0 Å². The first kappa shape index (κ1) is 14.6. The van der Waals surface area contributed by atoms with E-state index in [1.54, 1.807) is 0 Å². The van der Waals surface area contributed by atoms with Gasteiger partial charge in [-0.05, 0) is 47.9 Å². The number of hydrogen-bond acceptors (Lipinski definition) is 2. The van der Waals surface area contributed by atoms with Gasteiger partial charge in [-0.1, -0.05) is 36.7 Å². The number of ether oxygens (including phenoxy) is 1.